The molecule has 1 N–H and O–H groups in total. The summed E-state index contributed by atoms with van der Waals surface area (Å²) >= 11 is 0. The van der Waals surface area contributed by atoms with Crippen molar-refractivity contribution in [1.82, 2.24) is 5.32 Å². The van der Waals surface area contributed by atoms with Crippen molar-refractivity contribution < 1.29 is 0 Å². The van der Waals surface area contributed by atoms with Crippen LogP contribution in [0.1, 0.15) is 51.9 Å². The van der Waals surface area contributed by atoms with Gasteiger partial charge in [-0.25, -0.2) is 0 Å². The molecule has 0 aromatic carbocycles. The maximum Gasteiger partial charge on any atom is -0.00463 e. The number of rotatable bonds is 6. The van der Waals surface area contributed by atoms with E-state index < -0.39 is 0 Å². The van der Waals surface area contributed by atoms with Gasteiger partial charge in [-0.2, -0.15) is 0 Å². The Kier molecular flexibility index (Phi) is 5.42. The second kappa shape index (κ2) is 6.47. The molecule has 1 nitrogen and oxygen atoms in total. The molecule has 72 valence electrons. The van der Waals surface area contributed by atoms with Gasteiger partial charge < -0.3 is 5.32 Å². The van der Waals surface area contributed by atoms with Gasteiger partial charge in [0.2, 0.25) is 0 Å². The van der Waals surface area contributed by atoms with Gasteiger partial charge in [0.25, 0.3) is 0 Å². The Labute approximate surface area is 76.9 Å². The molecule has 0 amide bonds. The largest absolute Gasteiger partial charge is 0.317 e. The number of hydrogen-bond acceptors (Lipinski definition) is 1. The van der Waals surface area contributed by atoms with Crippen LogP contribution in [-0.4, -0.2) is 13.1 Å². The highest BCUT2D eigenvalue weighted by Gasteiger charge is 2.13. The van der Waals surface area contributed by atoms with Crippen LogP contribution in [0, 0.1) is 5.92 Å². The van der Waals surface area contributed by atoms with Crippen LogP contribution in [0.4, 0.5) is 0 Å². The van der Waals surface area contributed by atoms with Gasteiger partial charge in [0.05, 0.1) is 0 Å². The molecule has 0 bridgehead atoms. The minimum absolute atomic E-state index is 1.05. The Balaban J connectivity index is 1.81. The molecule has 0 spiro atoms. The van der Waals surface area contributed by atoms with Gasteiger partial charge in [0.15, 0.2) is 0 Å². The molecule has 1 fully saturated rings. The lowest BCUT2D eigenvalue weighted by Gasteiger charge is -2.08. The molecule has 0 unspecified atom stereocenters. The molecule has 1 heteroatoms. The summed E-state index contributed by atoms with van der Waals surface area (Å²) in [6.07, 6.45) is 10.0. The molecule has 1 saturated carbocycles. The van der Waals surface area contributed by atoms with E-state index in [1.807, 2.05) is 0 Å². The number of unbranched alkanes of at least 4 members (excludes halogenated alkanes) is 1. The van der Waals surface area contributed by atoms with Crippen LogP contribution >= 0.6 is 0 Å². The first-order valence-electron chi connectivity index (χ1n) is 5.64. The molecular weight excluding hydrogens is 146 g/mol. The lowest BCUT2D eigenvalue weighted by atomic mass is 10.0. The van der Waals surface area contributed by atoms with Crippen molar-refractivity contribution in [2.24, 2.45) is 5.92 Å². The Morgan fingerprint density at radius 2 is 1.92 bits per heavy atom. The highest BCUT2D eigenvalue weighted by atomic mass is 14.8. The van der Waals surface area contributed by atoms with Crippen LogP contribution in [0.3, 0.4) is 0 Å². The van der Waals surface area contributed by atoms with Crippen molar-refractivity contribution in [1.29, 1.82) is 0 Å². The molecular formula is C11H23N. The first-order valence-corrected chi connectivity index (χ1v) is 5.64. The van der Waals surface area contributed by atoms with E-state index in [2.05, 4.69) is 12.2 Å². The first kappa shape index (κ1) is 10.0. The summed E-state index contributed by atoms with van der Waals surface area (Å²) in [6.45, 7) is 4.73. The molecule has 1 rings (SSSR count). The second-order valence-electron chi connectivity index (χ2n) is 4.04. The maximum atomic E-state index is 3.51. The van der Waals surface area contributed by atoms with E-state index in [1.165, 1.54) is 58.0 Å². The van der Waals surface area contributed by atoms with Crippen molar-refractivity contribution in [2.75, 3.05) is 13.1 Å². The van der Waals surface area contributed by atoms with Crippen molar-refractivity contribution in [3.63, 3.8) is 0 Å². The smallest absolute Gasteiger partial charge is 0.00463 e. The van der Waals surface area contributed by atoms with Gasteiger partial charge in [-0.15, -0.1) is 0 Å². The van der Waals surface area contributed by atoms with Crippen LogP contribution in [0.2, 0.25) is 0 Å². The zero-order valence-corrected chi connectivity index (χ0v) is 8.44. The molecule has 0 radical (unpaired) electrons. The fourth-order valence-corrected chi connectivity index (χ4v) is 2.03. The Bertz CT molecular complexity index is 95.2. The van der Waals surface area contributed by atoms with E-state index in [0.29, 0.717) is 0 Å². The summed E-state index contributed by atoms with van der Waals surface area (Å²) in [5.74, 6) is 1.05. The van der Waals surface area contributed by atoms with Crippen LogP contribution in [0.25, 0.3) is 0 Å². The van der Waals surface area contributed by atoms with Crippen LogP contribution in [0.15, 0.2) is 0 Å². The highest BCUT2D eigenvalue weighted by molar-refractivity contribution is 4.67. The fourth-order valence-electron chi connectivity index (χ4n) is 2.03. The molecule has 0 saturated heterocycles. The van der Waals surface area contributed by atoms with Gasteiger partial charge in [-0.3, -0.25) is 0 Å². The normalized spacial score (nSPS) is 18.8. The maximum absolute atomic E-state index is 3.51. The SMILES string of the molecule is CCCCNCCC1CCCC1. The summed E-state index contributed by atoms with van der Waals surface area (Å²) in [6, 6.07) is 0. The average Bonchev–Trinajstić information content (AvgIpc) is 2.57. The minimum Gasteiger partial charge on any atom is -0.317 e. The van der Waals surface area contributed by atoms with Gasteiger partial charge in [-0.05, 0) is 31.8 Å². The average molecular weight is 169 g/mol. The minimum atomic E-state index is 1.05. The third-order valence-corrected chi connectivity index (χ3v) is 2.91. The van der Waals surface area contributed by atoms with E-state index in [4.69, 9.17) is 0 Å². The molecule has 1 aliphatic rings. The van der Waals surface area contributed by atoms with Gasteiger partial charge >= 0.3 is 0 Å². The molecule has 0 atom stereocenters. The number of nitrogens with one attached hydrogen (secondary N) is 1. The van der Waals surface area contributed by atoms with Crippen LogP contribution < -0.4 is 5.32 Å². The fraction of sp³-hybridized carbons (Fsp3) is 1.00. The molecule has 1 aliphatic carbocycles. The number of hydrogen-bond donors (Lipinski definition) is 1. The zero-order valence-electron chi connectivity index (χ0n) is 8.44. The van der Waals surface area contributed by atoms with Crippen molar-refractivity contribution in [3.8, 4) is 0 Å². The van der Waals surface area contributed by atoms with Gasteiger partial charge in [-0.1, -0.05) is 39.0 Å². The quantitative estimate of drug-likeness (QED) is 0.603. The van der Waals surface area contributed by atoms with E-state index in [-0.39, 0.29) is 0 Å². The van der Waals surface area contributed by atoms with E-state index in [0.717, 1.165) is 5.92 Å². The van der Waals surface area contributed by atoms with Crippen molar-refractivity contribution in [3.05, 3.63) is 0 Å². The molecule has 0 heterocycles. The van der Waals surface area contributed by atoms with Gasteiger partial charge in [0, 0.05) is 0 Å². The standard InChI is InChI=1S/C11H23N/c1-2-3-9-12-10-8-11-6-4-5-7-11/h11-12H,2-10H2,1H3. The topological polar surface area (TPSA) is 12.0 Å². The Morgan fingerprint density at radius 1 is 1.17 bits per heavy atom. The van der Waals surface area contributed by atoms with Crippen molar-refractivity contribution in [2.45, 2.75) is 51.9 Å². The lowest BCUT2D eigenvalue weighted by Crippen LogP contribution is -2.18. The monoisotopic (exact) mass is 169 g/mol. The third-order valence-electron chi connectivity index (χ3n) is 2.91. The summed E-state index contributed by atoms with van der Waals surface area (Å²) in [7, 11) is 0. The predicted octanol–water partition coefficient (Wildman–Crippen LogP) is 2.96. The summed E-state index contributed by atoms with van der Waals surface area (Å²) in [4.78, 5) is 0. The molecule has 0 aliphatic heterocycles. The van der Waals surface area contributed by atoms with E-state index >= 15 is 0 Å². The molecule has 0 aromatic rings. The summed E-state index contributed by atoms with van der Waals surface area (Å²) < 4.78 is 0. The molecule has 0 aromatic heterocycles. The summed E-state index contributed by atoms with van der Waals surface area (Å²) in [5, 5.41) is 3.51. The summed E-state index contributed by atoms with van der Waals surface area (Å²) in [5.41, 5.74) is 0. The first-order chi connectivity index (χ1) is 5.93. The lowest BCUT2D eigenvalue weighted by molar-refractivity contribution is 0.475. The van der Waals surface area contributed by atoms with Crippen LogP contribution in [0.5, 0.6) is 0 Å². The Morgan fingerprint density at radius 3 is 2.58 bits per heavy atom. The van der Waals surface area contributed by atoms with Crippen molar-refractivity contribution >= 4 is 0 Å². The second-order valence-corrected chi connectivity index (χ2v) is 4.04. The van der Waals surface area contributed by atoms with Crippen LogP contribution in [-0.2, 0) is 0 Å². The van der Waals surface area contributed by atoms with E-state index in [9.17, 15) is 0 Å². The van der Waals surface area contributed by atoms with E-state index in [1.54, 1.807) is 0 Å². The predicted molar refractivity (Wildman–Crippen MR) is 54.4 cm³/mol. The van der Waals surface area contributed by atoms with Gasteiger partial charge in [0.1, 0.15) is 0 Å². The highest BCUT2D eigenvalue weighted by Crippen LogP contribution is 2.26. The Hall–Kier alpha value is -0.0400. The molecule has 12 heavy (non-hydrogen) atoms. The third kappa shape index (κ3) is 4.10. The zero-order chi connectivity index (χ0) is 8.65.